The van der Waals surface area contributed by atoms with Crippen molar-refractivity contribution in [3.8, 4) is 0 Å². The summed E-state index contributed by atoms with van der Waals surface area (Å²) in [4.78, 5) is 0. The monoisotopic (exact) mass is 226 g/mol. The minimum Gasteiger partial charge on any atom is -0.348 e. The molecule has 0 radical (unpaired) electrons. The summed E-state index contributed by atoms with van der Waals surface area (Å²) in [6.07, 6.45) is 9.58. The van der Waals surface area contributed by atoms with Crippen LogP contribution < -0.4 is 0 Å². The summed E-state index contributed by atoms with van der Waals surface area (Å²) in [5.74, 6) is -0.319. The molecule has 1 saturated heterocycles. The SMILES string of the molecule is CCCCC/C(C)=C\CCC1(C)OCCO1. The lowest BCUT2D eigenvalue weighted by molar-refractivity contribution is -0.145. The lowest BCUT2D eigenvalue weighted by Crippen LogP contribution is -2.24. The van der Waals surface area contributed by atoms with E-state index >= 15 is 0 Å². The van der Waals surface area contributed by atoms with E-state index in [1.807, 2.05) is 6.92 Å². The average Bonchev–Trinajstić information content (AvgIpc) is 2.66. The van der Waals surface area contributed by atoms with Crippen LogP contribution in [-0.2, 0) is 9.47 Å². The maximum absolute atomic E-state index is 5.57. The van der Waals surface area contributed by atoms with Gasteiger partial charge in [-0.3, -0.25) is 0 Å². The van der Waals surface area contributed by atoms with Crippen molar-refractivity contribution in [1.82, 2.24) is 0 Å². The van der Waals surface area contributed by atoms with Crippen molar-refractivity contribution < 1.29 is 9.47 Å². The third kappa shape index (κ3) is 5.13. The van der Waals surface area contributed by atoms with E-state index in [2.05, 4.69) is 19.9 Å². The van der Waals surface area contributed by atoms with Crippen LogP contribution in [0.5, 0.6) is 0 Å². The largest absolute Gasteiger partial charge is 0.348 e. The summed E-state index contributed by atoms with van der Waals surface area (Å²) < 4.78 is 11.1. The molecule has 0 saturated carbocycles. The summed E-state index contributed by atoms with van der Waals surface area (Å²) >= 11 is 0. The first-order valence-corrected chi connectivity index (χ1v) is 6.60. The topological polar surface area (TPSA) is 18.5 Å². The van der Waals surface area contributed by atoms with E-state index in [1.165, 1.54) is 31.3 Å². The van der Waals surface area contributed by atoms with E-state index in [4.69, 9.17) is 9.47 Å². The van der Waals surface area contributed by atoms with Crippen LogP contribution in [0.3, 0.4) is 0 Å². The molecular formula is C14H26O2. The quantitative estimate of drug-likeness (QED) is 0.481. The molecule has 1 fully saturated rings. The zero-order valence-corrected chi connectivity index (χ0v) is 11.1. The van der Waals surface area contributed by atoms with Crippen molar-refractivity contribution in [2.45, 2.75) is 65.1 Å². The first-order valence-electron chi connectivity index (χ1n) is 6.60. The van der Waals surface area contributed by atoms with Crippen molar-refractivity contribution >= 4 is 0 Å². The van der Waals surface area contributed by atoms with Crippen LogP contribution >= 0.6 is 0 Å². The highest BCUT2D eigenvalue weighted by Crippen LogP contribution is 2.24. The van der Waals surface area contributed by atoms with E-state index in [-0.39, 0.29) is 5.79 Å². The molecule has 0 atom stereocenters. The molecule has 1 heterocycles. The van der Waals surface area contributed by atoms with Gasteiger partial charge in [-0.15, -0.1) is 0 Å². The predicted molar refractivity (Wildman–Crippen MR) is 67.4 cm³/mol. The number of ether oxygens (including phenoxy) is 2. The number of unbranched alkanes of at least 4 members (excludes halogenated alkanes) is 2. The highest BCUT2D eigenvalue weighted by molar-refractivity contribution is 4.98. The van der Waals surface area contributed by atoms with Gasteiger partial charge in [-0.1, -0.05) is 31.4 Å². The van der Waals surface area contributed by atoms with E-state index in [1.54, 1.807) is 0 Å². The number of hydrogen-bond acceptors (Lipinski definition) is 2. The summed E-state index contributed by atoms with van der Waals surface area (Å²) in [7, 11) is 0. The normalized spacial score (nSPS) is 20.3. The summed E-state index contributed by atoms with van der Waals surface area (Å²) in [5.41, 5.74) is 1.51. The Balaban J connectivity index is 2.14. The van der Waals surface area contributed by atoms with Crippen LogP contribution in [0.1, 0.15) is 59.3 Å². The summed E-state index contributed by atoms with van der Waals surface area (Å²) in [5, 5.41) is 0. The van der Waals surface area contributed by atoms with Crippen LogP contribution in [0.4, 0.5) is 0 Å². The van der Waals surface area contributed by atoms with Gasteiger partial charge in [-0.25, -0.2) is 0 Å². The molecule has 1 rings (SSSR count). The summed E-state index contributed by atoms with van der Waals surface area (Å²) in [6.45, 7) is 8.01. The molecule has 0 aromatic rings. The van der Waals surface area contributed by atoms with Crippen LogP contribution in [0.15, 0.2) is 11.6 Å². The number of hydrogen-bond donors (Lipinski definition) is 0. The van der Waals surface area contributed by atoms with Gasteiger partial charge in [0.1, 0.15) is 0 Å². The Hall–Kier alpha value is -0.340. The minimum absolute atomic E-state index is 0.319. The molecule has 1 aliphatic rings. The molecule has 0 aliphatic carbocycles. The highest BCUT2D eigenvalue weighted by Gasteiger charge is 2.29. The minimum atomic E-state index is -0.319. The molecule has 0 aromatic carbocycles. The fraction of sp³-hybridized carbons (Fsp3) is 0.857. The zero-order valence-electron chi connectivity index (χ0n) is 11.1. The standard InChI is InChI=1S/C14H26O2/c1-4-5-6-8-13(2)9-7-10-14(3)15-11-12-16-14/h9H,4-8,10-12H2,1-3H3/b13-9-. The molecule has 0 unspecified atom stereocenters. The molecular weight excluding hydrogens is 200 g/mol. The maximum Gasteiger partial charge on any atom is 0.166 e. The van der Waals surface area contributed by atoms with Gasteiger partial charge in [0.25, 0.3) is 0 Å². The third-order valence-corrected chi connectivity index (χ3v) is 3.16. The van der Waals surface area contributed by atoms with Crippen LogP contribution in [-0.4, -0.2) is 19.0 Å². The van der Waals surface area contributed by atoms with Gasteiger partial charge in [0.05, 0.1) is 13.2 Å². The van der Waals surface area contributed by atoms with Crippen LogP contribution in [0.2, 0.25) is 0 Å². The second-order valence-electron chi connectivity index (χ2n) is 4.88. The van der Waals surface area contributed by atoms with Gasteiger partial charge in [0.15, 0.2) is 5.79 Å². The van der Waals surface area contributed by atoms with Crippen molar-refractivity contribution in [3.63, 3.8) is 0 Å². The number of rotatable bonds is 7. The molecule has 2 heteroatoms. The fourth-order valence-corrected chi connectivity index (χ4v) is 2.04. The first kappa shape index (κ1) is 13.7. The average molecular weight is 226 g/mol. The molecule has 0 N–H and O–H groups in total. The van der Waals surface area contributed by atoms with E-state index in [9.17, 15) is 0 Å². The molecule has 0 bridgehead atoms. The third-order valence-electron chi connectivity index (χ3n) is 3.16. The Labute approximate surface area is 100 Å². The lowest BCUT2D eigenvalue weighted by Gasteiger charge is -2.21. The molecule has 2 nitrogen and oxygen atoms in total. The Morgan fingerprint density at radius 3 is 2.56 bits per heavy atom. The van der Waals surface area contributed by atoms with Gasteiger partial charge < -0.3 is 9.47 Å². The van der Waals surface area contributed by atoms with E-state index in [0.29, 0.717) is 0 Å². The Morgan fingerprint density at radius 2 is 1.94 bits per heavy atom. The van der Waals surface area contributed by atoms with Crippen molar-refractivity contribution in [3.05, 3.63) is 11.6 Å². The van der Waals surface area contributed by atoms with Gasteiger partial charge in [-0.2, -0.15) is 0 Å². The van der Waals surface area contributed by atoms with E-state index < -0.39 is 0 Å². The molecule has 0 spiro atoms. The van der Waals surface area contributed by atoms with Crippen molar-refractivity contribution in [2.24, 2.45) is 0 Å². The maximum atomic E-state index is 5.57. The van der Waals surface area contributed by atoms with Crippen LogP contribution in [0.25, 0.3) is 0 Å². The molecule has 1 aliphatic heterocycles. The molecule has 0 amide bonds. The van der Waals surface area contributed by atoms with Gasteiger partial charge >= 0.3 is 0 Å². The smallest absolute Gasteiger partial charge is 0.166 e. The van der Waals surface area contributed by atoms with Crippen LogP contribution in [0, 0.1) is 0 Å². The van der Waals surface area contributed by atoms with Crippen molar-refractivity contribution in [2.75, 3.05) is 13.2 Å². The second kappa shape index (κ2) is 7.08. The highest BCUT2D eigenvalue weighted by atomic mass is 16.7. The van der Waals surface area contributed by atoms with E-state index in [0.717, 1.165) is 26.1 Å². The number of allylic oxidation sites excluding steroid dienone is 2. The predicted octanol–water partition coefficient (Wildman–Crippen LogP) is 4.06. The zero-order chi connectivity index (χ0) is 11.9. The molecule has 16 heavy (non-hydrogen) atoms. The van der Waals surface area contributed by atoms with Gasteiger partial charge in [0.2, 0.25) is 0 Å². The Kier molecular flexibility index (Phi) is 6.07. The fourth-order valence-electron chi connectivity index (χ4n) is 2.04. The molecule has 94 valence electrons. The van der Waals surface area contributed by atoms with Gasteiger partial charge in [0, 0.05) is 6.42 Å². The van der Waals surface area contributed by atoms with Crippen molar-refractivity contribution in [1.29, 1.82) is 0 Å². The first-order chi connectivity index (χ1) is 7.66. The summed E-state index contributed by atoms with van der Waals surface area (Å²) in [6, 6.07) is 0. The molecule has 0 aromatic heterocycles. The lowest BCUT2D eigenvalue weighted by atomic mass is 10.1. The second-order valence-corrected chi connectivity index (χ2v) is 4.88. The van der Waals surface area contributed by atoms with Gasteiger partial charge in [-0.05, 0) is 33.1 Å². The Bertz CT molecular complexity index is 215. The Morgan fingerprint density at radius 1 is 1.25 bits per heavy atom.